The maximum atomic E-state index is 5.16. The van der Waals surface area contributed by atoms with Gasteiger partial charge in [-0.05, 0) is 22.9 Å². The number of rotatable bonds is 2. The summed E-state index contributed by atoms with van der Waals surface area (Å²) < 4.78 is 5.94. The maximum absolute atomic E-state index is 5.16. The average Bonchev–Trinajstić information content (AvgIpc) is 2.29. The van der Waals surface area contributed by atoms with Crippen LogP contribution in [0.5, 0.6) is 5.88 Å². The Hall–Kier alpha value is -0.880. The minimum absolute atomic E-state index is 0.465. The van der Waals surface area contributed by atoms with Crippen molar-refractivity contribution in [2.75, 3.05) is 31.6 Å². The molecule has 88 valence electrons. The van der Waals surface area contributed by atoms with Crippen molar-refractivity contribution in [2.24, 2.45) is 0 Å². The molecule has 1 aromatic rings. The summed E-state index contributed by atoms with van der Waals surface area (Å²) in [5.74, 6) is 1.31. The van der Waals surface area contributed by atoms with Gasteiger partial charge in [0.05, 0.1) is 17.8 Å². The zero-order chi connectivity index (χ0) is 11.5. The summed E-state index contributed by atoms with van der Waals surface area (Å²) in [5.41, 5.74) is 0. The van der Waals surface area contributed by atoms with E-state index in [1.807, 2.05) is 0 Å². The molecule has 0 aromatic carbocycles. The quantitative estimate of drug-likeness (QED) is 0.881. The number of nitrogens with zero attached hydrogens (tertiary/aromatic N) is 3. The average molecular weight is 287 g/mol. The van der Waals surface area contributed by atoms with Crippen LogP contribution in [0.4, 0.5) is 5.95 Å². The summed E-state index contributed by atoms with van der Waals surface area (Å²) in [5, 5.41) is 3.38. The molecule has 6 heteroatoms. The highest BCUT2D eigenvalue weighted by atomic mass is 79.9. The van der Waals surface area contributed by atoms with E-state index in [-0.39, 0.29) is 0 Å². The molecule has 1 N–H and O–H groups in total. The molecule has 0 bridgehead atoms. The molecule has 0 unspecified atom stereocenters. The first-order valence-corrected chi connectivity index (χ1v) is 6.05. The van der Waals surface area contributed by atoms with Crippen molar-refractivity contribution in [1.82, 2.24) is 15.3 Å². The molecule has 5 nitrogen and oxygen atoms in total. The molecule has 1 aliphatic heterocycles. The molecule has 0 amide bonds. The van der Waals surface area contributed by atoms with E-state index in [0.29, 0.717) is 11.9 Å². The normalized spacial score (nSPS) is 20.9. The molecular weight excluding hydrogens is 272 g/mol. The molecule has 16 heavy (non-hydrogen) atoms. The predicted octanol–water partition coefficient (Wildman–Crippen LogP) is 1.05. The minimum Gasteiger partial charge on any atom is -0.480 e. The Balaban J connectivity index is 2.19. The number of hydrogen-bond donors (Lipinski definition) is 1. The van der Waals surface area contributed by atoms with Gasteiger partial charge in [0, 0.05) is 25.7 Å². The Morgan fingerprint density at radius 1 is 1.62 bits per heavy atom. The lowest BCUT2D eigenvalue weighted by atomic mass is 10.2. The highest BCUT2D eigenvalue weighted by Crippen LogP contribution is 2.23. The van der Waals surface area contributed by atoms with E-state index in [2.05, 4.69) is 43.0 Å². The van der Waals surface area contributed by atoms with Crippen LogP contribution in [-0.2, 0) is 0 Å². The monoisotopic (exact) mass is 286 g/mol. The van der Waals surface area contributed by atoms with Crippen LogP contribution in [0.3, 0.4) is 0 Å². The van der Waals surface area contributed by atoms with Gasteiger partial charge in [0.2, 0.25) is 11.8 Å². The first-order chi connectivity index (χ1) is 7.70. The SMILES string of the molecule is COc1nc(N2CCN[C@H](C)C2)ncc1Br. The molecular formula is C10H15BrN4O. The van der Waals surface area contributed by atoms with Gasteiger partial charge < -0.3 is 15.0 Å². The number of piperazine rings is 1. The Bertz CT molecular complexity index is 374. The second kappa shape index (κ2) is 4.97. The van der Waals surface area contributed by atoms with E-state index in [4.69, 9.17) is 4.74 Å². The van der Waals surface area contributed by atoms with Crippen LogP contribution in [0, 0.1) is 0 Å². The van der Waals surface area contributed by atoms with Crippen LogP contribution in [0.25, 0.3) is 0 Å². The fourth-order valence-electron chi connectivity index (χ4n) is 1.75. The summed E-state index contributed by atoms with van der Waals surface area (Å²) in [7, 11) is 1.61. The van der Waals surface area contributed by atoms with Crippen molar-refractivity contribution < 1.29 is 4.74 Å². The molecule has 1 aliphatic rings. The van der Waals surface area contributed by atoms with Crippen molar-refractivity contribution in [3.05, 3.63) is 10.7 Å². The van der Waals surface area contributed by atoms with Gasteiger partial charge in [-0.25, -0.2) is 4.98 Å². The van der Waals surface area contributed by atoms with E-state index >= 15 is 0 Å². The topological polar surface area (TPSA) is 50.3 Å². The zero-order valence-corrected chi connectivity index (χ0v) is 11.0. The molecule has 1 aromatic heterocycles. The Labute approximate surface area is 103 Å². The zero-order valence-electron chi connectivity index (χ0n) is 9.40. The Morgan fingerprint density at radius 3 is 3.12 bits per heavy atom. The first kappa shape index (κ1) is 11.6. The van der Waals surface area contributed by atoms with Gasteiger partial charge in [-0.2, -0.15) is 4.98 Å². The fraction of sp³-hybridized carbons (Fsp3) is 0.600. The highest BCUT2D eigenvalue weighted by molar-refractivity contribution is 9.10. The third-order valence-electron chi connectivity index (χ3n) is 2.54. The van der Waals surface area contributed by atoms with Crippen LogP contribution in [0.15, 0.2) is 10.7 Å². The van der Waals surface area contributed by atoms with Crippen LogP contribution in [0.2, 0.25) is 0 Å². The lowest BCUT2D eigenvalue weighted by Gasteiger charge is -2.31. The lowest BCUT2D eigenvalue weighted by Crippen LogP contribution is -2.49. The first-order valence-electron chi connectivity index (χ1n) is 5.25. The van der Waals surface area contributed by atoms with Crippen LogP contribution >= 0.6 is 15.9 Å². The van der Waals surface area contributed by atoms with Gasteiger partial charge in [-0.15, -0.1) is 0 Å². The van der Waals surface area contributed by atoms with Gasteiger partial charge in [-0.1, -0.05) is 0 Å². The molecule has 0 radical (unpaired) electrons. The minimum atomic E-state index is 0.465. The number of aromatic nitrogens is 2. The molecule has 2 heterocycles. The molecule has 2 rings (SSSR count). The van der Waals surface area contributed by atoms with Crippen LogP contribution in [-0.4, -0.2) is 42.8 Å². The number of halogens is 1. The van der Waals surface area contributed by atoms with Crippen LogP contribution in [0.1, 0.15) is 6.92 Å². The molecule has 0 saturated carbocycles. The second-order valence-electron chi connectivity index (χ2n) is 3.83. The third kappa shape index (κ3) is 2.44. The smallest absolute Gasteiger partial charge is 0.232 e. The van der Waals surface area contributed by atoms with Gasteiger partial charge in [0.15, 0.2) is 0 Å². The molecule has 1 fully saturated rings. The Kier molecular flexibility index (Phi) is 3.60. The van der Waals surface area contributed by atoms with Gasteiger partial charge in [-0.3, -0.25) is 0 Å². The third-order valence-corrected chi connectivity index (χ3v) is 3.09. The number of nitrogens with one attached hydrogen (secondary N) is 1. The van der Waals surface area contributed by atoms with E-state index in [1.54, 1.807) is 13.3 Å². The number of hydrogen-bond acceptors (Lipinski definition) is 5. The van der Waals surface area contributed by atoms with Crippen LogP contribution < -0.4 is 15.0 Å². The molecule has 0 spiro atoms. The molecule has 1 atom stereocenters. The summed E-state index contributed by atoms with van der Waals surface area (Å²) in [6, 6.07) is 0.465. The van der Waals surface area contributed by atoms with E-state index in [0.717, 1.165) is 30.1 Å². The van der Waals surface area contributed by atoms with E-state index < -0.39 is 0 Å². The fourth-order valence-corrected chi connectivity index (χ4v) is 2.11. The van der Waals surface area contributed by atoms with Crippen molar-refractivity contribution in [3.8, 4) is 5.88 Å². The van der Waals surface area contributed by atoms with E-state index in [1.165, 1.54) is 0 Å². The predicted molar refractivity (Wildman–Crippen MR) is 66.0 cm³/mol. The summed E-state index contributed by atoms with van der Waals surface area (Å²) in [6.07, 6.45) is 1.73. The summed E-state index contributed by atoms with van der Waals surface area (Å²) >= 11 is 3.35. The standard InChI is InChI=1S/C10H15BrN4O/c1-7-6-15(4-3-12-7)10-13-5-8(11)9(14-10)16-2/h5,7,12H,3-4,6H2,1-2H3/t7-/m1/s1. The largest absolute Gasteiger partial charge is 0.480 e. The highest BCUT2D eigenvalue weighted by Gasteiger charge is 2.18. The van der Waals surface area contributed by atoms with E-state index in [9.17, 15) is 0 Å². The molecule has 1 saturated heterocycles. The summed E-state index contributed by atoms with van der Waals surface area (Å²) in [6.45, 7) is 4.96. The number of ether oxygens (including phenoxy) is 1. The second-order valence-corrected chi connectivity index (χ2v) is 4.68. The number of methoxy groups -OCH3 is 1. The maximum Gasteiger partial charge on any atom is 0.232 e. The van der Waals surface area contributed by atoms with Gasteiger partial charge in [0.1, 0.15) is 0 Å². The lowest BCUT2D eigenvalue weighted by molar-refractivity contribution is 0.392. The van der Waals surface area contributed by atoms with Gasteiger partial charge in [0.25, 0.3) is 0 Å². The van der Waals surface area contributed by atoms with Gasteiger partial charge >= 0.3 is 0 Å². The molecule has 0 aliphatic carbocycles. The van der Waals surface area contributed by atoms with Crippen molar-refractivity contribution >= 4 is 21.9 Å². The summed E-state index contributed by atoms with van der Waals surface area (Å²) in [4.78, 5) is 10.8. The Morgan fingerprint density at radius 2 is 2.44 bits per heavy atom. The van der Waals surface area contributed by atoms with Crippen molar-refractivity contribution in [2.45, 2.75) is 13.0 Å². The van der Waals surface area contributed by atoms with Crippen molar-refractivity contribution in [1.29, 1.82) is 0 Å². The number of anilines is 1. The van der Waals surface area contributed by atoms with Crippen molar-refractivity contribution in [3.63, 3.8) is 0 Å².